The van der Waals surface area contributed by atoms with E-state index in [9.17, 15) is 10.2 Å². The fourth-order valence-electron chi connectivity index (χ4n) is 7.41. The number of aliphatic hydroxyl groups excluding tert-OH is 1. The van der Waals surface area contributed by atoms with E-state index < -0.39 is 0 Å². The lowest BCUT2D eigenvalue weighted by Crippen LogP contribution is -2.58. The van der Waals surface area contributed by atoms with Gasteiger partial charge < -0.3 is 30.2 Å². The smallest absolute Gasteiger partial charge is 0.225 e. The van der Waals surface area contributed by atoms with Crippen LogP contribution in [-0.2, 0) is 0 Å². The molecule has 5 heterocycles. The number of para-hydroxylation sites is 1. The zero-order valence-electron chi connectivity index (χ0n) is 24.3. The minimum atomic E-state index is 0.208. The first kappa shape index (κ1) is 27.3. The van der Waals surface area contributed by atoms with E-state index in [0.29, 0.717) is 29.7 Å². The Kier molecular flexibility index (Phi) is 7.82. The molecule has 3 aromatic rings. The van der Waals surface area contributed by atoms with Crippen LogP contribution in [-0.4, -0.2) is 93.7 Å². The molecule has 3 N–H and O–H groups in total. The highest BCUT2D eigenvalue weighted by molar-refractivity contribution is 5.76. The Labute approximate surface area is 247 Å². The van der Waals surface area contributed by atoms with Gasteiger partial charge in [0.15, 0.2) is 5.82 Å². The first-order valence-corrected chi connectivity index (χ1v) is 15.7. The van der Waals surface area contributed by atoms with E-state index in [1.165, 1.54) is 50.6 Å². The second-order valence-corrected chi connectivity index (χ2v) is 12.6. The molecule has 2 saturated heterocycles. The Bertz CT molecular complexity index is 1350. The number of phenolic OH excluding ortho intramolecular Hbond substituents is 1. The molecule has 1 aromatic carbocycles. The lowest BCUT2D eigenvalue weighted by atomic mass is 9.81. The molecule has 3 fully saturated rings. The molecule has 3 aliphatic heterocycles. The summed E-state index contributed by atoms with van der Waals surface area (Å²) in [7, 11) is 0. The van der Waals surface area contributed by atoms with Gasteiger partial charge in [0.25, 0.3) is 0 Å². The maximum atomic E-state index is 10.3. The number of hydrogen-bond acceptors (Lipinski definition) is 10. The van der Waals surface area contributed by atoms with Crippen LogP contribution in [0.15, 0.2) is 42.7 Å². The topological polar surface area (TPSA) is 114 Å². The minimum absolute atomic E-state index is 0.208. The molecule has 10 heteroatoms. The third-order valence-electron chi connectivity index (χ3n) is 9.99. The zero-order valence-corrected chi connectivity index (χ0v) is 24.3. The minimum Gasteiger partial charge on any atom is -0.507 e. The molecular weight excluding hydrogens is 528 g/mol. The van der Waals surface area contributed by atoms with Crippen molar-refractivity contribution in [2.24, 2.45) is 11.8 Å². The van der Waals surface area contributed by atoms with Gasteiger partial charge in [0, 0.05) is 57.3 Å². The lowest BCUT2D eigenvalue weighted by molar-refractivity contribution is 0.127. The molecule has 1 saturated carbocycles. The number of piperazine rings is 1. The summed E-state index contributed by atoms with van der Waals surface area (Å²) in [4.78, 5) is 17.0. The summed E-state index contributed by atoms with van der Waals surface area (Å²) in [5.74, 6) is 3.68. The van der Waals surface area contributed by atoms with Crippen molar-refractivity contribution in [1.29, 1.82) is 0 Å². The number of rotatable bonds is 6. The fourth-order valence-corrected chi connectivity index (χ4v) is 7.41. The predicted octanol–water partition coefficient (Wildman–Crippen LogP) is 3.74. The normalized spacial score (nSPS) is 25.0. The van der Waals surface area contributed by atoms with Gasteiger partial charge in [-0.2, -0.15) is 0 Å². The van der Waals surface area contributed by atoms with Crippen LogP contribution in [0, 0.1) is 11.8 Å². The van der Waals surface area contributed by atoms with E-state index in [-0.39, 0.29) is 11.8 Å². The molecule has 10 nitrogen and oxygen atoms in total. The second-order valence-electron chi connectivity index (χ2n) is 12.6. The molecule has 1 aliphatic carbocycles. The standard InChI is InChI=1S/C32H42N8O2/c41-21-23-7-5-22(6-8-23)19-38-11-9-24(10-12-38)25-16-34-32(35-17-25)39-13-14-40-26(20-39)18-33-31-29(40)15-28(36-37-31)27-3-1-2-4-30(27)42/h1-4,15-17,22-24,26,41-42H,5-14,18-21H2,(H,33,37)/t22?,23?,26-/m0/s1. The number of aliphatic hydroxyl groups is 1. The highest BCUT2D eigenvalue weighted by atomic mass is 16.3. The van der Waals surface area contributed by atoms with Crippen molar-refractivity contribution in [3.63, 3.8) is 0 Å². The first-order valence-electron chi connectivity index (χ1n) is 15.7. The maximum Gasteiger partial charge on any atom is 0.225 e. The van der Waals surface area contributed by atoms with Crippen LogP contribution >= 0.6 is 0 Å². The SMILES string of the molecule is OCC1CCC(CN2CCC(c3cnc(N4CCN5c6cc(-c7ccccc7O)nnc6NC[C@H]5C4)nc3)CC2)CC1. The van der Waals surface area contributed by atoms with Gasteiger partial charge in [-0.1, -0.05) is 12.1 Å². The largest absolute Gasteiger partial charge is 0.507 e. The third kappa shape index (κ3) is 5.62. The van der Waals surface area contributed by atoms with Crippen molar-refractivity contribution < 1.29 is 10.2 Å². The summed E-state index contributed by atoms with van der Waals surface area (Å²) < 4.78 is 0. The monoisotopic (exact) mass is 570 g/mol. The van der Waals surface area contributed by atoms with Gasteiger partial charge in [0.05, 0.1) is 17.4 Å². The number of hydrogen-bond donors (Lipinski definition) is 3. The quantitative estimate of drug-likeness (QED) is 0.405. The van der Waals surface area contributed by atoms with Gasteiger partial charge >= 0.3 is 0 Å². The van der Waals surface area contributed by atoms with E-state index >= 15 is 0 Å². The number of phenols is 1. The van der Waals surface area contributed by atoms with Crippen molar-refractivity contribution in [1.82, 2.24) is 25.1 Å². The van der Waals surface area contributed by atoms with Gasteiger partial charge in [-0.3, -0.25) is 0 Å². The second kappa shape index (κ2) is 12.0. The van der Waals surface area contributed by atoms with E-state index in [0.717, 1.165) is 62.6 Å². The fraction of sp³-hybridized carbons (Fsp3) is 0.562. The molecule has 0 spiro atoms. The Morgan fingerprint density at radius 2 is 1.64 bits per heavy atom. The van der Waals surface area contributed by atoms with E-state index in [1.807, 2.05) is 24.3 Å². The van der Waals surface area contributed by atoms with Gasteiger partial charge in [-0.25, -0.2) is 9.97 Å². The van der Waals surface area contributed by atoms with Crippen LogP contribution in [0.25, 0.3) is 11.3 Å². The predicted molar refractivity (Wildman–Crippen MR) is 164 cm³/mol. The number of aromatic hydroxyl groups is 1. The van der Waals surface area contributed by atoms with Crippen LogP contribution in [0.1, 0.15) is 50.0 Å². The van der Waals surface area contributed by atoms with Gasteiger partial charge in [-0.05, 0) is 93.1 Å². The molecule has 42 heavy (non-hydrogen) atoms. The molecular formula is C32H42N8O2. The summed E-state index contributed by atoms with van der Waals surface area (Å²) in [6.45, 7) is 7.18. The highest BCUT2D eigenvalue weighted by Crippen LogP contribution is 2.37. The van der Waals surface area contributed by atoms with E-state index in [4.69, 9.17) is 9.97 Å². The number of aromatic nitrogens is 4. The number of anilines is 3. The molecule has 2 aromatic heterocycles. The van der Waals surface area contributed by atoms with Crippen LogP contribution in [0.5, 0.6) is 5.75 Å². The first-order chi connectivity index (χ1) is 20.6. The number of likely N-dealkylation sites (tertiary alicyclic amines) is 1. The van der Waals surface area contributed by atoms with Crippen LogP contribution in [0.3, 0.4) is 0 Å². The summed E-state index contributed by atoms with van der Waals surface area (Å²) in [5, 5.41) is 32.0. The summed E-state index contributed by atoms with van der Waals surface area (Å²) >= 11 is 0. The van der Waals surface area contributed by atoms with Crippen molar-refractivity contribution in [2.75, 3.05) is 67.5 Å². The molecule has 222 valence electrons. The molecule has 0 bridgehead atoms. The van der Waals surface area contributed by atoms with E-state index in [1.54, 1.807) is 6.07 Å². The van der Waals surface area contributed by atoms with Crippen LogP contribution in [0.2, 0.25) is 0 Å². The average molecular weight is 571 g/mol. The Balaban J connectivity index is 0.944. The van der Waals surface area contributed by atoms with Gasteiger partial charge in [-0.15, -0.1) is 10.2 Å². The maximum absolute atomic E-state index is 10.3. The van der Waals surface area contributed by atoms with Gasteiger partial charge in [0.1, 0.15) is 5.75 Å². The van der Waals surface area contributed by atoms with Crippen LogP contribution in [0.4, 0.5) is 17.5 Å². The Hall–Kier alpha value is -3.50. The number of benzene rings is 1. The molecule has 4 aliphatic rings. The molecule has 0 radical (unpaired) electrons. The summed E-state index contributed by atoms with van der Waals surface area (Å²) in [6.07, 6.45) is 11.4. The number of piperidine rings is 1. The lowest BCUT2D eigenvalue weighted by Gasteiger charge is -2.45. The van der Waals surface area contributed by atoms with Crippen LogP contribution < -0.4 is 15.1 Å². The van der Waals surface area contributed by atoms with Crippen molar-refractivity contribution in [3.8, 4) is 17.0 Å². The Morgan fingerprint density at radius 1 is 0.881 bits per heavy atom. The molecule has 0 unspecified atom stereocenters. The average Bonchev–Trinajstić information content (AvgIpc) is 3.05. The highest BCUT2D eigenvalue weighted by Gasteiger charge is 2.34. The summed E-state index contributed by atoms with van der Waals surface area (Å²) in [6, 6.07) is 9.55. The number of nitrogens with zero attached hydrogens (tertiary/aromatic N) is 7. The molecule has 0 amide bonds. The molecule has 1 atom stereocenters. The molecule has 7 rings (SSSR count). The van der Waals surface area contributed by atoms with Crippen molar-refractivity contribution >= 4 is 17.5 Å². The zero-order chi connectivity index (χ0) is 28.5. The summed E-state index contributed by atoms with van der Waals surface area (Å²) in [5.41, 5.74) is 3.66. The van der Waals surface area contributed by atoms with Gasteiger partial charge in [0.2, 0.25) is 5.95 Å². The third-order valence-corrected chi connectivity index (χ3v) is 9.99. The van der Waals surface area contributed by atoms with Crippen molar-refractivity contribution in [3.05, 3.63) is 48.3 Å². The Morgan fingerprint density at radius 3 is 2.40 bits per heavy atom. The number of nitrogens with one attached hydrogen (secondary N) is 1. The van der Waals surface area contributed by atoms with Crippen molar-refractivity contribution in [2.45, 2.75) is 50.5 Å². The number of fused-ring (bicyclic) bond motifs is 3. The van der Waals surface area contributed by atoms with E-state index in [2.05, 4.69) is 42.6 Å².